The van der Waals surface area contributed by atoms with Gasteiger partial charge in [0.15, 0.2) is 0 Å². The largest absolute Gasteiger partial charge is 0.495 e. The molecule has 37 heavy (non-hydrogen) atoms. The number of anilines is 1. The Morgan fingerprint density at radius 1 is 0.946 bits per heavy atom. The molecule has 6 nitrogen and oxygen atoms in total. The quantitative estimate of drug-likeness (QED) is 0.271. The Labute approximate surface area is 216 Å². The van der Waals surface area contributed by atoms with Gasteiger partial charge in [-0.25, -0.2) is 15.0 Å². The van der Waals surface area contributed by atoms with E-state index in [0.29, 0.717) is 17.4 Å². The van der Waals surface area contributed by atoms with Crippen LogP contribution in [0.5, 0.6) is 5.75 Å². The minimum atomic E-state index is -0.207. The van der Waals surface area contributed by atoms with Crippen molar-refractivity contribution >= 4 is 12.2 Å². The predicted octanol–water partition coefficient (Wildman–Crippen LogP) is 6.11. The third kappa shape index (κ3) is 4.12. The molecule has 0 amide bonds. The van der Waals surface area contributed by atoms with Crippen molar-refractivity contribution in [3.8, 4) is 22.7 Å². The molecule has 1 N–H and O–H groups in total. The standard InChI is InChI=1S/C31H30N4O2/c1-37-26-17-9-8-16-25(26)35-29(36)27-28(33-30(35)34-32-21-22-12-4-2-5-13-22)24-15-7-6-14-23(24)20-31(27)18-10-3-11-19-31/h2,4-9,12-17,21H,3,10-11,18-20H2,1H3,(H,33,34)/b32-21-. The van der Waals surface area contributed by atoms with Crippen molar-refractivity contribution in [2.45, 2.75) is 43.9 Å². The van der Waals surface area contributed by atoms with Gasteiger partial charge in [0, 0.05) is 11.0 Å². The van der Waals surface area contributed by atoms with E-state index in [1.807, 2.05) is 60.7 Å². The van der Waals surface area contributed by atoms with Crippen LogP contribution in [0, 0.1) is 0 Å². The molecule has 1 spiro atoms. The number of hydrogen-bond acceptors (Lipinski definition) is 5. The third-order valence-electron chi connectivity index (χ3n) is 7.73. The maximum atomic E-state index is 14.6. The Bertz CT molecular complexity index is 1520. The van der Waals surface area contributed by atoms with Crippen LogP contribution in [0.25, 0.3) is 16.9 Å². The highest BCUT2D eigenvalue weighted by atomic mass is 16.5. The van der Waals surface area contributed by atoms with Crippen LogP contribution < -0.4 is 15.7 Å². The first-order valence-electron chi connectivity index (χ1n) is 12.9. The van der Waals surface area contributed by atoms with Crippen LogP contribution in [-0.4, -0.2) is 22.9 Å². The fraction of sp³-hybridized carbons (Fsp3) is 0.258. The summed E-state index contributed by atoms with van der Waals surface area (Å²) in [6.07, 6.45) is 8.05. The summed E-state index contributed by atoms with van der Waals surface area (Å²) in [5, 5.41) is 4.47. The van der Waals surface area contributed by atoms with Gasteiger partial charge in [-0.2, -0.15) is 5.10 Å². The molecule has 1 saturated carbocycles. The molecule has 1 aromatic heterocycles. The lowest BCUT2D eigenvalue weighted by Gasteiger charge is -2.42. The van der Waals surface area contributed by atoms with Crippen molar-refractivity contribution in [1.29, 1.82) is 0 Å². The zero-order valence-corrected chi connectivity index (χ0v) is 21.0. The van der Waals surface area contributed by atoms with Gasteiger partial charge in [0.05, 0.1) is 30.3 Å². The molecular weight excluding hydrogens is 460 g/mol. The van der Waals surface area contributed by atoms with Crippen LogP contribution in [-0.2, 0) is 11.8 Å². The summed E-state index contributed by atoms with van der Waals surface area (Å²) in [5.74, 6) is 0.971. The van der Waals surface area contributed by atoms with Crippen LogP contribution >= 0.6 is 0 Å². The summed E-state index contributed by atoms with van der Waals surface area (Å²) in [5.41, 5.74) is 8.33. The molecule has 0 saturated heterocycles. The number of hydrogen-bond donors (Lipinski definition) is 1. The molecule has 1 heterocycles. The lowest BCUT2D eigenvalue weighted by Crippen LogP contribution is -2.43. The lowest BCUT2D eigenvalue weighted by molar-refractivity contribution is 0.284. The monoisotopic (exact) mass is 490 g/mol. The number of fused-ring (bicyclic) bond motifs is 4. The van der Waals surface area contributed by atoms with Gasteiger partial charge in [-0.15, -0.1) is 0 Å². The number of methoxy groups -OCH3 is 1. The normalized spacial score (nSPS) is 15.8. The highest BCUT2D eigenvalue weighted by Gasteiger charge is 2.43. The molecule has 4 aromatic rings. The average Bonchev–Trinajstić information content (AvgIpc) is 2.94. The molecule has 0 bridgehead atoms. The fourth-order valence-corrected chi connectivity index (χ4v) is 6.02. The van der Waals surface area contributed by atoms with Crippen molar-refractivity contribution in [3.63, 3.8) is 0 Å². The number of benzene rings is 3. The summed E-state index contributed by atoms with van der Waals surface area (Å²) < 4.78 is 7.31. The Kier molecular flexibility index (Phi) is 6.08. The van der Waals surface area contributed by atoms with Crippen LogP contribution in [0.2, 0.25) is 0 Å². The van der Waals surface area contributed by atoms with Gasteiger partial charge in [0.1, 0.15) is 5.75 Å². The molecule has 3 aromatic carbocycles. The van der Waals surface area contributed by atoms with E-state index in [2.05, 4.69) is 28.7 Å². The lowest BCUT2D eigenvalue weighted by atomic mass is 9.62. The molecule has 6 heteroatoms. The third-order valence-corrected chi connectivity index (χ3v) is 7.73. The van der Waals surface area contributed by atoms with Crippen molar-refractivity contribution in [2.75, 3.05) is 12.5 Å². The first kappa shape index (κ1) is 23.2. The molecule has 0 atom stereocenters. The van der Waals surface area contributed by atoms with E-state index in [9.17, 15) is 4.79 Å². The topological polar surface area (TPSA) is 68.5 Å². The molecule has 0 unspecified atom stereocenters. The number of ether oxygens (including phenoxy) is 1. The van der Waals surface area contributed by atoms with Gasteiger partial charge >= 0.3 is 0 Å². The summed E-state index contributed by atoms with van der Waals surface area (Å²) in [6.45, 7) is 0. The SMILES string of the molecule is COc1ccccc1-n1c(N/N=C\c2ccccc2)nc2c(c1=O)C1(CCCCC1)Cc1ccccc1-2. The van der Waals surface area contributed by atoms with E-state index >= 15 is 0 Å². The van der Waals surface area contributed by atoms with E-state index < -0.39 is 0 Å². The highest BCUT2D eigenvalue weighted by molar-refractivity contribution is 5.80. The van der Waals surface area contributed by atoms with Crippen LogP contribution in [0.15, 0.2) is 88.8 Å². The van der Waals surface area contributed by atoms with Gasteiger partial charge in [0.25, 0.3) is 5.56 Å². The number of nitrogens with zero attached hydrogens (tertiary/aromatic N) is 3. The van der Waals surface area contributed by atoms with Gasteiger partial charge in [-0.1, -0.05) is 86.0 Å². The first-order chi connectivity index (χ1) is 18.2. The van der Waals surface area contributed by atoms with Gasteiger partial charge in [-0.05, 0) is 42.5 Å². The van der Waals surface area contributed by atoms with E-state index in [0.717, 1.165) is 54.5 Å². The summed E-state index contributed by atoms with van der Waals surface area (Å²) in [4.78, 5) is 19.7. The zero-order chi connectivity index (χ0) is 25.2. The molecule has 186 valence electrons. The predicted molar refractivity (Wildman–Crippen MR) is 148 cm³/mol. The van der Waals surface area contributed by atoms with Gasteiger partial charge in [-0.3, -0.25) is 4.79 Å². The summed E-state index contributed by atoms with van der Waals surface area (Å²) in [7, 11) is 1.62. The number of hydrazone groups is 1. The van der Waals surface area contributed by atoms with Crippen LogP contribution in [0.1, 0.15) is 48.8 Å². The second kappa shape index (κ2) is 9.69. The minimum absolute atomic E-state index is 0.0525. The second-order valence-corrected chi connectivity index (χ2v) is 9.93. The van der Waals surface area contributed by atoms with Crippen LogP contribution in [0.3, 0.4) is 0 Å². The number of rotatable bonds is 5. The van der Waals surface area contributed by atoms with Crippen molar-refractivity contribution in [2.24, 2.45) is 5.10 Å². The molecule has 6 rings (SSSR count). The van der Waals surface area contributed by atoms with E-state index in [1.54, 1.807) is 17.9 Å². The van der Waals surface area contributed by atoms with Gasteiger partial charge in [0.2, 0.25) is 5.95 Å². The maximum absolute atomic E-state index is 14.6. The second-order valence-electron chi connectivity index (χ2n) is 9.93. The van der Waals surface area contributed by atoms with Crippen molar-refractivity contribution < 1.29 is 4.74 Å². The van der Waals surface area contributed by atoms with E-state index in [-0.39, 0.29) is 11.0 Å². The molecule has 0 radical (unpaired) electrons. The number of aromatic nitrogens is 2. The molecule has 2 aliphatic rings. The van der Waals surface area contributed by atoms with Crippen molar-refractivity contribution in [1.82, 2.24) is 9.55 Å². The zero-order valence-electron chi connectivity index (χ0n) is 21.0. The smallest absolute Gasteiger partial charge is 0.264 e. The van der Waals surface area contributed by atoms with E-state index in [1.165, 1.54) is 12.0 Å². The molecule has 0 aliphatic heterocycles. The Hall–Kier alpha value is -4.19. The Morgan fingerprint density at radius 2 is 1.68 bits per heavy atom. The van der Waals surface area contributed by atoms with E-state index in [4.69, 9.17) is 9.72 Å². The highest BCUT2D eigenvalue weighted by Crippen LogP contribution is 2.49. The van der Waals surface area contributed by atoms with Crippen molar-refractivity contribution in [3.05, 3.63) is 106 Å². The average molecular weight is 491 g/mol. The summed E-state index contributed by atoms with van der Waals surface area (Å²) >= 11 is 0. The summed E-state index contributed by atoms with van der Waals surface area (Å²) in [6, 6.07) is 25.8. The Balaban J connectivity index is 1.60. The first-order valence-corrected chi connectivity index (χ1v) is 12.9. The molecule has 1 fully saturated rings. The van der Waals surface area contributed by atoms with Crippen LogP contribution in [0.4, 0.5) is 5.95 Å². The fourth-order valence-electron chi connectivity index (χ4n) is 6.02. The molecular formula is C31H30N4O2. The Morgan fingerprint density at radius 3 is 2.49 bits per heavy atom. The maximum Gasteiger partial charge on any atom is 0.264 e. The number of para-hydroxylation sites is 2. The van der Waals surface area contributed by atoms with Gasteiger partial charge < -0.3 is 4.74 Å². The minimum Gasteiger partial charge on any atom is -0.495 e. The number of nitrogens with one attached hydrogen (secondary N) is 1. The molecule has 2 aliphatic carbocycles.